The van der Waals surface area contributed by atoms with Crippen LogP contribution in [0.25, 0.3) is 10.9 Å². The summed E-state index contributed by atoms with van der Waals surface area (Å²) in [5.74, 6) is -4.75. The molecule has 1 amide bonds. The summed E-state index contributed by atoms with van der Waals surface area (Å²) in [6.45, 7) is 0.275. The fourth-order valence-electron chi connectivity index (χ4n) is 3.62. The highest BCUT2D eigenvalue weighted by Crippen LogP contribution is 2.41. The van der Waals surface area contributed by atoms with Crippen LogP contribution in [0.4, 0.5) is 0 Å². The summed E-state index contributed by atoms with van der Waals surface area (Å²) in [6, 6.07) is 2.07. The molecule has 1 aromatic heterocycles. The van der Waals surface area contributed by atoms with Crippen LogP contribution in [0.5, 0.6) is 5.75 Å². The van der Waals surface area contributed by atoms with E-state index in [1.807, 2.05) is 0 Å². The van der Waals surface area contributed by atoms with Crippen LogP contribution in [0.3, 0.4) is 0 Å². The van der Waals surface area contributed by atoms with E-state index in [0.29, 0.717) is 15.4 Å². The molecule has 0 spiro atoms. The van der Waals surface area contributed by atoms with Crippen molar-refractivity contribution in [2.75, 3.05) is 6.61 Å². The van der Waals surface area contributed by atoms with Gasteiger partial charge < -0.3 is 45.3 Å². The number of carbonyl (C=O) groups is 2. The highest BCUT2D eigenvalue weighted by atomic mass is 79.9. The Morgan fingerprint density at radius 3 is 2.72 bits per heavy atom. The van der Waals surface area contributed by atoms with Gasteiger partial charge in [-0.25, -0.2) is 4.79 Å². The van der Waals surface area contributed by atoms with Crippen molar-refractivity contribution in [2.24, 2.45) is 0 Å². The Morgan fingerprint density at radius 1 is 1.44 bits per heavy atom. The number of aliphatic carboxylic acids is 1. The third kappa shape index (κ3) is 4.57. The molecule has 3 rings (SSSR count). The zero-order valence-corrected chi connectivity index (χ0v) is 19.0. The van der Waals surface area contributed by atoms with Crippen LogP contribution in [0, 0.1) is 0 Å². The molecule has 0 radical (unpaired) electrons. The van der Waals surface area contributed by atoms with Gasteiger partial charge >= 0.3 is 11.8 Å². The zero-order valence-electron chi connectivity index (χ0n) is 16.7. The number of ether oxygens (including phenoxy) is 2. The van der Waals surface area contributed by atoms with Crippen LogP contribution in [-0.2, 0) is 14.3 Å². The molecule has 0 bridgehead atoms. The predicted molar refractivity (Wildman–Crippen MR) is 114 cm³/mol. The SMILES string of the molecule is CC(=O)N[C@@H]1[C@@H]([C@@H](O)[C@H](O)CO)O[C@@](Oc2c[nH]c3ccc(Br)c(Cl)c23)(C(=O)O)C[C@@H]1O. The van der Waals surface area contributed by atoms with Crippen LogP contribution in [-0.4, -0.2) is 85.2 Å². The van der Waals surface area contributed by atoms with Crippen molar-refractivity contribution in [1.29, 1.82) is 0 Å². The molecule has 7 N–H and O–H groups in total. The first kappa shape index (κ1) is 24.7. The normalized spacial score (nSPS) is 27.7. The molecule has 1 aliphatic rings. The van der Waals surface area contributed by atoms with Gasteiger partial charge in [-0.3, -0.25) is 4.79 Å². The van der Waals surface area contributed by atoms with Crippen LogP contribution >= 0.6 is 27.5 Å². The van der Waals surface area contributed by atoms with Gasteiger partial charge in [0.25, 0.3) is 0 Å². The lowest BCUT2D eigenvalue weighted by atomic mass is 9.88. The number of hydrogen-bond donors (Lipinski definition) is 7. The summed E-state index contributed by atoms with van der Waals surface area (Å²) < 4.78 is 11.9. The minimum Gasteiger partial charge on any atom is -0.476 e. The van der Waals surface area contributed by atoms with E-state index >= 15 is 0 Å². The Hall–Kier alpha value is -1.93. The Kier molecular flexibility index (Phi) is 7.34. The van der Waals surface area contributed by atoms with Crippen molar-refractivity contribution in [3.63, 3.8) is 0 Å². The number of aromatic nitrogens is 1. The third-order valence-corrected chi connectivity index (χ3v) is 6.44. The molecule has 6 atom stereocenters. The van der Waals surface area contributed by atoms with Crippen LogP contribution in [0.2, 0.25) is 5.02 Å². The number of hydrogen-bond acceptors (Lipinski definition) is 8. The highest BCUT2D eigenvalue weighted by molar-refractivity contribution is 9.10. The molecule has 0 unspecified atom stereocenters. The molecule has 2 aromatic rings. The van der Waals surface area contributed by atoms with Crippen molar-refractivity contribution in [3.05, 3.63) is 27.8 Å². The zero-order chi connectivity index (χ0) is 23.8. The largest absolute Gasteiger partial charge is 0.476 e. The van der Waals surface area contributed by atoms with E-state index in [2.05, 4.69) is 26.2 Å². The van der Waals surface area contributed by atoms with E-state index in [1.54, 1.807) is 12.1 Å². The molecule has 0 aliphatic carbocycles. The number of carbonyl (C=O) groups excluding carboxylic acids is 1. The lowest BCUT2D eigenvalue weighted by molar-refractivity contribution is -0.284. The second-order valence-corrected chi connectivity index (χ2v) is 8.65. The minimum absolute atomic E-state index is 0.00479. The Balaban J connectivity index is 2.05. The van der Waals surface area contributed by atoms with E-state index in [4.69, 9.17) is 21.1 Å². The molecule has 1 aromatic carbocycles. The second-order valence-electron chi connectivity index (χ2n) is 7.42. The van der Waals surface area contributed by atoms with E-state index in [9.17, 15) is 35.1 Å². The molecule has 1 fully saturated rings. The number of carboxylic acids is 1. The Morgan fingerprint density at radius 2 is 2.12 bits per heavy atom. The van der Waals surface area contributed by atoms with Gasteiger partial charge in [0.05, 0.1) is 41.1 Å². The monoisotopic (exact) mass is 536 g/mol. The van der Waals surface area contributed by atoms with Crippen LogP contribution < -0.4 is 10.1 Å². The maximum atomic E-state index is 12.3. The first-order chi connectivity index (χ1) is 15.0. The van der Waals surface area contributed by atoms with Gasteiger partial charge in [-0.1, -0.05) is 11.6 Å². The fraction of sp³-hybridized carbons (Fsp3) is 0.474. The number of halogens is 2. The number of rotatable bonds is 7. The molecule has 176 valence electrons. The second kappa shape index (κ2) is 9.51. The van der Waals surface area contributed by atoms with E-state index in [1.165, 1.54) is 6.20 Å². The van der Waals surface area contributed by atoms with Gasteiger partial charge in [0.1, 0.15) is 18.3 Å². The summed E-state index contributed by atoms with van der Waals surface area (Å²) in [5, 5.41) is 53.2. The third-order valence-electron chi connectivity index (χ3n) is 5.16. The number of nitrogens with one attached hydrogen (secondary N) is 2. The lowest BCUT2D eigenvalue weighted by Gasteiger charge is -2.46. The first-order valence-electron chi connectivity index (χ1n) is 9.48. The molecule has 1 saturated heterocycles. The van der Waals surface area contributed by atoms with Gasteiger partial charge in [0.2, 0.25) is 5.91 Å². The van der Waals surface area contributed by atoms with Gasteiger partial charge in [-0.2, -0.15) is 0 Å². The Bertz CT molecular complexity index is 1020. The summed E-state index contributed by atoms with van der Waals surface area (Å²) in [5.41, 5.74) is 0.536. The highest BCUT2D eigenvalue weighted by Gasteiger charge is 2.57. The topological polar surface area (TPSA) is 182 Å². The van der Waals surface area contributed by atoms with Crippen molar-refractivity contribution in [3.8, 4) is 5.75 Å². The van der Waals surface area contributed by atoms with E-state index in [-0.39, 0.29) is 10.8 Å². The van der Waals surface area contributed by atoms with Gasteiger partial charge in [-0.15, -0.1) is 0 Å². The number of fused-ring (bicyclic) bond motifs is 1. The van der Waals surface area contributed by atoms with Gasteiger partial charge in [-0.05, 0) is 28.1 Å². The molecule has 0 saturated carbocycles. The van der Waals surface area contributed by atoms with E-state index < -0.39 is 61.1 Å². The summed E-state index contributed by atoms with van der Waals surface area (Å²) in [4.78, 5) is 26.8. The summed E-state index contributed by atoms with van der Waals surface area (Å²) in [6.07, 6.45) is -6.09. The van der Waals surface area contributed by atoms with Crippen molar-refractivity contribution in [2.45, 2.75) is 49.6 Å². The maximum Gasteiger partial charge on any atom is 0.377 e. The molecule has 13 heteroatoms. The summed E-state index contributed by atoms with van der Waals surface area (Å²) >= 11 is 9.61. The molecule has 2 heterocycles. The first-order valence-corrected chi connectivity index (χ1v) is 10.6. The molecule has 1 aliphatic heterocycles. The van der Waals surface area contributed by atoms with Gasteiger partial charge in [0, 0.05) is 17.6 Å². The number of aliphatic hydroxyl groups is 4. The smallest absolute Gasteiger partial charge is 0.377 e. The molecular formula is C19H22BrClN2O9. The number of amides is 1. The van der Waals surface area contributed by atoms with Crippen molar-refractivity contribution < 1.29 is 44.6 Å². The average Bonchev–Trinajstić information content (AvgIpc) is 3.14. The number of benzene rings is 1. The molecular weight excluding hydrogens is 516 g/mol. The van der Waals surface area contributed by atoms with Crippen molar-refractivity contribution in [1.82, 2.24) is 10.3 Å². The minimum atomic E-state index is -2.52. The van der Waals surface area contributed by atoms with Crippen LogP contribution in [0.1, 0.15) is 13.3 Å². The molecule has 32 heavy (non-hydrogen) atoms. The number of carboxylic acid groups (broad SMARTS) is 1. The quantitative estimate of drug-likeness (QED) is 0.258. The van der Waals surface area contributed by atoms with Crippen LogP contribution in [0.15, 0.2) is 22.8 Å². The van der Waals surface area contributed by atoms with Gasteiger partial charge in [0.15, 0.2) is 5.75 Å². The average molecular weight is 538 g/mol. The maximum absolute atomic E-state index is 12.3. The predicted octanol–water partition coefficient (Wildman–Crippen LogP) is 0.112. The number of aliphatic hydroxyl groups excluding tert-OH is 4. The lowest BCUT2D eigenvalue weighted by Crippen LogP contribution is -2.68. The Labute approximate surface area is 195 Å². The summed E-state index contributed by atoms with van der Waals surface area (Å²) in [7, 11) is 0. The molecule has 11 nitrogen and oxygen atoms in total. The fourth-order valence-corrected chi connectivity index (χ4v) is 4.21. The number of H-pyrrole nitrogens is 1. The van der Waals surface area contributed by atoms with Crippen molar-refractivity contribution >= 4 is 50.3 Å². The van der Waals surface area contributed by atoms with E-state index in [0.717, 1.165) is 6.92 Å². The standard InChI is InChI=1S/C19H22BrClN2O9/c1-7(25)23-15-10(26)4-19(18(29)30,32-17(15)16(28)11(27)6-24)31-12-5-22-9-3-2-8(20)14(21)13(9)12/h2-3,5,10-11,15-17,22,24,26-28H,4,6H2,1H3,(H,23,25)(H,29,30)/t10-,11+,15-,16-,17-,19+/m0/s1. The number of aromatic amines is 1.